The van der Waals surface area contributed by atoms with Crippen LogP contribution in [0.5, 0.6) is 0 Å². The predicted octanol–water partition coefficient (Wildman–Crippen LogP) is 1.38. The number of hydrogen-bond donors (Lipinski definition) is 3. The van der Waals surface area contributed by atoms with Gasteiger partial charge in [0.25, 0.3) is 11.5 Å². The van der Waals surface area contributed by atoms with Crippen LogP contribution >= 0.6 is 0 Å². The zero-order valence-corrected chi connectivity index (χ0v) is 10.1. The summed E-state index contributed by atoms with van der Waals surface area (Å²) in [7, 11) is 0. The lowest BCUT2D eigenvalue weighted by Gasteiger charge is -2.12. The molecule has 5 heteroatoms. The maximum Gasteiger partial charge on any atom is 0.272 e. The molecule has 1 fully saturated rings. The minimum Gasteiger partial charge on any atom is -0.357 e. The highest BCUT2D eigenvalue weighted by Crippen LogP contribution is 2.32. The van der Waals surface area contributed by atoms with Crippen molar-refractivity contribution in [1.29, 1.82) is 0 Å². The van der Waals surface area contributed by atoms with Gasteiger partial charge >= 0.3 is 0 Å². The van der Waals surface area contributed by atoms with Gasteiger partial charge in [-0.05, 0) is 31.7 Å². The van der Waals surface area contributed by atoms with Crippen molar-refractivity contribution in [2.45, 2.75) is 25.8 Å². The van der Waals surface area contributed by atoms with Crippen LogP contribution in [0.15, 0.2) is 23.3 Å². The highest BCUT2D eigenvalue weighted by Gasteiger charge is 2.29. The Kier molecular flexibility index (Phi) is 2.47. The summed E-state index contributed by atoms with van der Waals surface area (Å²) in [5, 5.41) is 3.65. The van der Waals surface area contributed by atoms with Gasteiger partial charge in [-0.3, -0.25) is 9.59 Å². The van der Waals surface area contributed by atoms with Crippen molar-refractivity contribution < 1.29 is 4.79 Å². The number of pyridine rings is 1. The summed E-state index contributed by atoms with van der Waals surface area (Å²) in [5.41, 5.74) is 0.752. The standard InChI is InChI=1S/C13H15N3O2/c1-7(8-2-3-8)16-12(17)10-6-15-13(18)11-9(10)4-5-14-11/h4-8,14H,2-3H2,1H3,(H,15,18)(H,16,17). The number of carbonyl (C=O) groups excluding carboxylic acids is 1. The molecular formula is C13H15N3O2. The second-order valence-electron chi connectivity index (χ2n) is 4.90. The van der Waals surface area contributed by atoms with Crippen LogP contribution in [0.25, 0.3) is 10.9 Å². The SMILES string of the molecule is CC(NC(=O)c1c[nH]c(=O)c2[nH]ccc12)C1CC1. The third kappa shape index (κ3) is 1.81. The lowest BCUT2D eigenvalue weighted by molar-refractivity contribution is 0.0937. The Morgan fingerprint density at radius 1 is 1.44 bits per heavy atom. The van der Waals surface area contributed by atoms with E-state index >= 15 is 0 Å². The molecule has 94 valence electrons. The Bertz CT molecular complexity index is 652. The minimum atomic E-state index is -0.207. The maximum absolute atomic E-state index is 12.2. The van der Waals surface area contributed by atoms with Gasteiger partial charge in [0.15, 0.2) is 0 Å². The number of hydrogen-bond acceptors (Lipinski definition) is 2. The Balaban J connectivity index is 1.93. The van der Waals surface area contributed by atoms with Crippen LogP contribution in [0.1, 0.15) is 30.1 Å². The molecule has 1 saturated carbocycles. The van der Waals surface area contributed by atoms with E-state index in [2.05, 4.69) is 15.3 Å². The molecule has 0 aromatic carbocycles. The van der Waals surface area contributed by atoms with Crippen LogP contribution in [0.3, 0.4) is 0 Å². The zero-order valence-electron chi connectivity index (χ0n) is 10.1. The van der Waals surface area contributed by atoms with Gasteiger partial charge in [0.2, 0.25) is 0 Å². The van der Waals surface area contributed by atoms with Crippen molar-refractivity contribution in [2.24, 2.45) is 5.92 Å². The molecular weight excluding hydrogens is 230 g/mol. The Morgan fingerprint density at radius 3 is 2.94 bits per heavy atom. The lowest BCUT2D eigenvalue weighted by atomic mass is 10.1. The molecule has 0 saturated heterocycles. The smallest absolute Gasteiger partial charge is 0.272 e. The van der Waals surface area contributed by atoms with Crippen LogP contribution in [0.2, 0.25) is 0 Å². The Labute approximate surface area is 104 Å². The largest absolute Gasteiger partial charge is 0.357 e. The molecule has 3 N–H and O–H groups in total. The molecule has 18 heavy (non-hydrogen) atoms. The fourth-order valence-electron chi connectivity index (χ4n) is 2.26. The molecule has 2 aromatic heterocycles. The second kappa shape index (κ2) is 4.01. The molecule has 1 amide bonds. The second-order valence-corrected chi connectivity index (χ2v) is 4.90. The van der Waals surface area contributed by atoms with Gasteiger partial charge in [-0.25, -0.2) is 0 Å². The molecule has 1 unspecified atom stereocenters. The third-order valence-corrected chi connectivity index (χ3v) is 3.54. The number of rotatable bonds is 3. The van der Waals surface area contributed by atoms with Crippen LogP contribution < -0.4 is 10.9 Å². The third-order valence-electron chi connectivity index (χ3n) is 3.54. The first-order valence-corrected chi connectivity index (χ1v) is 6.16. The highest BCUT2D eigenvalue weighted by molar-refractivity contribution is 6.05. The summed E-state index contributed by atoms with van der Waals surface area (Å²) < 4.78 is 0. The van der Waals surface area contributed by atoms with E-state index in [9.17, 15) is 9.59 Å². The van der Waals surface area contributed by atoms with Gasteiger partial charge in [-0.1, -0.05) is 0 Å². The van der Waals surface area contributed by atoms with Crippen molar-refractivity contribution in [3.8, 4) is 0 Å². The fourth-order valence-corrected chi connectivity index (χ4v) is 2.26. The molecule has 2 aromatic rings. The van der Waals surface area contributed by atoms with Gasteiger partial charge in [-0.15, -0.1) is 0 Å². The molecule has 0 radical (unpaired) electrons. The molecule has 1 atom stereocenters. The van der Waals surface area contributed by atoms with Gasteiger partial charge in [0.1, 0.15) is 5.52 Å². The van der Waals surface area contributed by atoms with E-state index in [0.29, 0.717) is 22.4 Å². The van der Waals surface area contributed by atoms with Crippen LogP contribution in [0.4, 0.5) is 0 Å². The average Bonchev–Trinajstić information content (AvgIpc) is 3.08. The Hall–Kier alpha value is -2.04. The summed E-state index contributed by atoms with van der Waals surface area (Å²) in [6.07, 6.45) is 5.52. The highest BCUT2D eigenvalue weighted by atomic mass is 16.2. The number of amides is 1. The maximum atomic E-state index is 12.2. The summed E-state index contributed by atoms with van der Waals surface area (Å²) in [5.74, 6) is 0.480. The molecule has 1 aliphatic carbocycles. The topological polar surface area (TPSA) is 77.8 Å². The van der Waals surface area contributed by atoms with Crippen LogP contribution in [0, 0.1) is 5.92 Å². The summed E-state index contributed by atoms with van der Waals surface area (Å²) in [6.45, 7) is 2.02. The van der Waals surface area contributed by atoms with Crippen molar-refractivity contribution in [3.05, 3.63) is 34.4 Å². The van der Waals surface area contributed by atoms with E-state index in [1.807, 2.05) is 6.92 Å². The fraction of sp³-hybridized carbons (Fsp3) is 0.385. The average molecular weight is 245 g/mol. The zero-order chi connectivity index (χ0) is 12.7. The van der Waals surface area contributed by atoms with E-state index < -0.39 is 0 Å². The molecule has 0 bridgehead atoms. The number of fused-ring (bicyclic) bond motifs is 1. The van der Waals surface area contributed by atoms with Crippen LogP contribution in [-0.2, 0) is 0 Å². The summed E-state index contributed by atoms with van der Waals surface area (Å²) in [6, 6.07) is 1.94. The van der Waals surface area contributed by atoms with Crippen molar-refractivity contribution in [3.63, 3.8) is 0 Å². The number of H-pyrrole nitrogens is 2. The number of carbonyl (C=O) groups is 1. The normalized spacial score (nSPS) is 16.7. The van der Waals surface area contributed by atoms with E-state index in [-0.39, 0.29) is 17.5 Å². The first kappa shape index (κ1) is 11.1. The number of aromatic amines is 2. The monoisotopic (exact) mass is 245 g/mol. The summed E-state index contributed by atoms with van der Waals surface area (Å²) >= 11 is 0. The minimum absolute atomic E-state index is 0.129. The summed E-state index contributed by atoms with van der Waals surface area (Å²) in [4.78, 5) is 29.1. The molecule has 5 nitrogen and oxygen atoms in total. The number of nitrogens with one attached hydrogen (secondary N) is 3. The van der Waals surface area contributed by atoms with E-state index in [1.165, 1.54) is 19.0 Å². The molecule has 1 aliphatic rings. The Morgan fingerprint density at radius 2 is 2.22 bits per heavy atom. The molecule has 0 spiro atoms. The van der Waals surface area contributed by atoms with Crippen molar-refractivity contribution in [2.75, 3.05) is 0 Å². The van der Waals surface area contributed by atoms with Gasteiger partial charge < -0.3 is 15.3 Å². The predicted molar refractivity (Wildman–Crippen MR) is 68.6 cm³/mol. The quantitative estimate of drug-likeness (QED) is 0.764. The first-order valence-electron chi connectivity index (χ1n) is 6.16. The molecule has 0 aliphatic heterocycles. The van der Waals surface area contributed by atoms with Crippen molar-refractivity contribution in [1.82, 2.24) is 15.3 Å². The van der Waals surface area contributed by atoms with Gasteiger partial charge in [-0.2, -0.15) is 0 Å². The van der Waals surface area contributed by atoms with E-state index in [1.54, 1.807) is 12.3 Å². The lowest BCUT2D eigenvalue weighted by Crippen LogP contribution is -2.34. The van der Waals surface area contributed by atoms with E-state index in [0.717, 1.165) is 0 Å². The van der Waals surface area contributed by atoms with Gasteiger partial charge in [0.05, 0.1) is 5.56 Å². The molecule has 3 rings (SSSR count). The molecule has 2 heterocycles. The van der Waals surface area contributed by atoms with Crippen molar-refractivity contribution >= 4 is 16.8 Å². The van der Waals surface area contributed by atoms with Gasteiger partial charge in [0, 0.05) is 23.8 Å². The first-order chi connectivity index (χ1) is 8.66. The van der Waals surface area contributed by atoms with Crippen LogP contribution in [-0.4, -0.2) is 21.9 Å². The number of aromatic nitrogens is 2. The van der Waals surface area contributed by atoms with E-state index in [4.69, 9.17) is 0 Å².